The van der Waals surface area contributed by atoms with E-state index < -0.39 is 0 Å². The standard InChI is InChI=1S/C12H15BrN2O2/c1-2-11(8-3-4-8)14-9-5-6-12(15(16)17)10(13)7-9/h5-8,11,14H,2-4H2,1H3. The predicted molar refractivity (Wildman–Crippen MR) is 71.2 cm³/mol. The van der Waals surface area contributed by atoms with E-state index in [9.17, 15) is 10.1 Å². The van der Waals surface area contributed by atoms with Crippen LogP contribution in [0.3, 0.4) is 0 Å². The molecule has 2 rings (SSSR count). The lowest BCUT2D eigenvalue weighted by molar-refractivity contribution is -0.385. The number of nitro benzene ring substituents is 1. The molecule has 1 aromatic carbocycles. The molecular weight excluding hydrogens is 284 g/mol. The molecule has 0 radical (unpaired) electrons. The Kier molecular flexibility index (Phi) is 3.66. The van der Waals surface area contributed by atoms with E-state index in [4.69, 9.17) is 0 Å². The van der Waals surface area contributed by atoms with Gasteiger partial charge in [-0.15, -0.1) is 0 Å². The van der Waals surface area contributed by atoms with Gasteiger partial charge in [-0.25, -0.2) is 0 Å². The van der Waals surface area contributed by atoms with E-state index in [1.54, 1.807) is 12.1 Å². The van der Waals surface area contributed by atoms with Crippen molar-refractivity contribution in [2.45, 2.75) is 32.2 Å². The van der Waals surface area contributed by atoms with Crippen LogP contribution < -0.4 is 5.32 Å². The third-order valence-electron chi connectivity index (χ3n) is 3.13. The first-order valence-corrected chi connectivity index (χ1v) is 6.61. The van der Waals surface area contributed by atoms with Crippen LogP contribution in [-0.2, 0) is 0 Å². The summed E-state index contributed by atoms with van der Waals surface area (Å²) in [7, 11) is 0. The Morgan fingerprint density at radius 2 is 2.29 bits per heavy atom. The number of halogens is 1. The second kappa shape index (κ2) is 5.04. The summed E-state index contributed by atoms with van der Waals surface area (Å²) < 4.78 is 0.526. The first kappa shape index (κ1) is 12.4. The molecule has 5 heteroatoms. The zero-order valence-electron chi connectivity index (χ0n) is 9.65. The number of nitrogens with zero attached hydrogens (tertiary/aromatic N) is 1. The van der Waals surface area contributed by atoms with Crippen molar-refractivity contribution >= 4 is 27.3 Å². The van der Waals surface area contributed by atoms with Crippen molar-refractivity contribution in [3.8, 4) is 0 Å². The largest absolute Gasteiger partial charge is 0.382 e. The lowest BCUT2D eigenvalue weighted by Gasteiger charge is -2.17. The summed E-state index contributed by atoms with van der Waals surface area (Å²) in [5.41, 5.74) is 1.05. The molecule has 1 fully saturated rings. The summed E-state index contributed by atoms with van der Waals surface area (Å²) in [5, 5.41) is 14.1. The number of nitro groups is 1. The van der Waals surface area contributed by atoms with Crippen molar-refractivity contribution in [2.75, 3.05) is 5.32 Å². The number of hydrogen-bond acceptors (Lipinski definition) is 3. The highest BCUT2D eigenvalue weighted by Crippen LogP contribution is 2.36. The van der Waals surface area contributed by atoms with Crippen molar-refractivity contribution in [2.24, 2.45) is 5.92 Å². The molecule has 92 valence electrons. The van der Waals surface area contributed by atoms with Crippen molar-refractivity contribution in [3.05, 3.63) is 32.8 Å². The maximum absolute atomic E-state index is 10.7. The van der Waals surface area contributed by atoms with Gasteiger partial charge in [-0.3, -0.25) is 10.1 Å². The second-order valence-corrected chi connectivity index (χ2v) is 5.27. The highest BCUT2D eigenvalue weighted by atomic mass is 79.9. The average molecular weight is 299 g/mol. The van der Waals surface area contributed by atoms with Crippen molar-refractivity contribution in [1.82, 2.24) is 0 Å². The monoisotopic (exact) mass is 298 g/mol. The van der Waals surface area contributed by atoms with E-state index in [0.29, 0.717) is 10.5 Å². The van der Waals surface area contributed by atoms with Crippen LogP contribution in [0.25, 0.3) is 0 Å². The Morgan fingerprint density at radius 1 is 1.59 bits per heavy atom. The molecule has 1 N–H and O–H groups in total. The normalized spacial score (nSPS) is 16.6. The van der Waals surface area contributed by atoms with E-state index in [2.05, 4.69) is 28.2 Å². The maximum atomic E-state index is 10.7. The van der Waals surface area contributed by atoms with Crippen molar-refractivity contribution < 1.29 is 4.92 Å². The predicted octanol–water partition coefficient (Wildman–Crippen LogP) is 3.96. The molecule has 0 bridgehead atoms. The van der Waals surface area contributed by atoms with Crippen LogP contribution in [-0.4, -0.2) is 11.0 Å². The van der Waals surface area contributed by atoms with Crippen molar-refractivity contribution in [1.29, 1.82) is 0 Å². The van der Waals surface area contributed by atoms with Gasteiger partial charge in [-0.05, 0) is 53.2 Å². The minimum atomic E-state index is -0.383. The molecule has 4 nitrogen and oxygen atoms in total. The van der Waals surface area contributed by atoms with Gasteiger partial charge in [0.1, 0.15) is 0 Å². The number of rotatable bonds is 5. The van der Waals surface area contributed by atoms with Crippen LogP contribution in [0, 0.1) is 16.0 Å². The van der Waals surface area contributed by atoms with Gasteiger partial charge in [0.2, 0.25) is 0 Å². The summed E-state index contributed by atoms with van der Waals surface area (Å²) >= 11 is 3.23. The molecule has 0 heterocycles. The lowest BCUT2D eigenvalue weighted by atomic mass is 10.1. The minimum absolute atomic E-state index is 0.107. The third kappa shape index (κ3) is 2.97. The van der Waals surface area contributed by atoms with E-state index in [1.807, 2.05) is 0 Å². The van der Waals surface area contributed by atoms with Gasteiger partial charge in [-0.1, -0.05) is 6.92 Å². The van der Waals surface area contributed by atoms with Crippen LogP contribution in [0.4, 0.5) is 11.4 Å². The Bertz CT molecular complexity index is 433. The van der Waals surface area contributed by atoms with E-state index >= 15 is 0 Å². The average Bonchev–Trinajstić information content (AvgIpc) is 3.09. The first-order chi connectivity index (χ1) is 8.11. The quantitative estimate of drug-likeness (QED) is 0.661. The Balaban J connectivity index is 2.11. The van der Waals surface area contributed by atoms with E-state index in [1.165, 1.54) is 18.9 Å². The minimum Gasteiger partial charge on any atom is -0.382 e. The Hall–Kier alpha value is -1.10. The van der Waals surface area contributed by atoms with Gasteiger partial charge < -0.3 is 5.32 Å². The molecule has 1 atom stereocenters. The summed E-state index contributed by atoms with van der Waals surface area (Å²) in [6, 6.07) is 5.58. The van der Waals surface area contributed by atoms with Crippen LogP contribution in [0.1, 0.15) is 26.2 Å². The fourth-order valence-corrected chi connectivity index (χ4v) is 2.53. The summed E-state index contributed by atoms with van der Waals surface area (Å²) in [4.78, 5) is 10.3. The van der Waals surface area contributed by atoms with Gasteiger partial charge in [0.15, 0.2) is 0 Å². The number of nitrogens with one attached hydrogen (secondary N) is 1. The fraction of sp³-hybridized carbons (Fsp3) is 0.500. The van der Waals surface area contributed by atoms with Crippen LogP contribution in [0.2, 0.25) is 0 Å². The molecule has 1 saturated carbocycles. The zero-order valence-corrected chi connectivity index (χ0v) is 11.2. The molecule has 17 heavy (non-hydrogen) atoms. The molecule has 0 saturated heterocycles. The number of benzene rings is 1. The molecule has 0 amide bonds. The Labute approximate surface area is 109 Å². The third-order valence-corrected chi connectivity index (χ3v) is 3.76. The maximum Gasteiger partial charge on any atom is 0.283 e. The van der Waals surface area contributed by atoms with Crippen LogP contribution >= 0.6 is 15.9 Å². The smallest absolute Gasteiger partial charge is 0.283 e. The lowest BCUT2D eigenvalue weighted by Crippen LogP contribution is -2.20. The van der Waals surface area contributed by atoms with Gasteiger partial charge in [0.05, 0.1) is 9.40 Å². The van der Waals surface area contributed by atoms with E-state index in [-0.39, 0.29) is 10.6 Å². The first-order valence-electron chi connectivity index (χ1n) is 5.82. The highest BCUT2D eigenvalue weighted by Gasteiger charge is 2.29. The molecule has 1 aliphatic carbocycles. The van der Waals surface area contributed by atoms with Crippen LogP contribution in [0.5, 0.6) is 0 Å². The topological polar surface area (TPSA) is 55.2 Å². The molecule has 1 unspecified atom stereocenters. The molecule has 1 aliphatic rings. The highest BCUT2D eigenvalue weighted by molar-refractivity contribution is 9.10. The summed E-state index contributed by atoms with van der Waals surface area (Å²) in [6.45, 7) is 2.16. The molecule has 1 aromatic rings. The SMILES string of the molecule is CCC(Nc1ccc([N+](=O)[O-])c(Br)c1)C1CC1. The number of hydrogen-bond donors (Lipinski definition) is 1. The molecule has 0 aromatic heterocycles. The van der Waals surface area contributed by atoms with Crippen molar-refractivity contribution in [3.63, 3.8) is 0 Å². The molecular formula is C12H15BrN2O2. The molecule has 0 spiro atoms. The van der Waals surface area contributed by atoms with Gasteiger partial charge in [-0.2, -0.15) is 0 Å². The van der Waals surface area contributed by atoms with Gasteiger partial charge >= 0.3 is 0 Å². The zero-order chi connectivity index (χ0) is 12.4. The summed E-state index contributed by atoms with van der Waals surface area (Å²) in [6.07, 6.45) is 3.67. The van der Waals surface area contributed by atoms with Gasteiger partial charge in [0, 0.05) is 17.8 Å². The second-order valence-electron chi connectivity index (χ2n) is 4.42. The fourth-order valence-electron chi connectivity index (χ4n) is 2.01. The Morgan fingerprint density at radius 3 is 2.76 bits per heavy atom. The molecule has 0 aliphatic heterocycles. The summed E-state index contributed by atoms with van der Waals surface area (Å²) in [5.74, 6) is 0.772. The van der Waals surface area contributed by atoms with E-state index in [0.717, 1.165) is 18.0 Å². The number of anilines is 1. The van der Waals surface area contributed by atoms with Crippen LogP contribution in [0.15, 0.2) is 22.7 Å². The van der Waals surface area contributed by atoms with Gasteiger partial charge in [0.25, 0.3) is 5.69 Å².